The molecule has 17 heavy (non-hydrogen) atoms. The Bertz CT molecular complexity index is 580. The van der Waals surface area contributed by atoms with E-state index in [1.807, 2.05) is 25.1 Å². The summed E-state index contributed by atoms with van der Waals surface area (Å²) >= 11 is 4.78. The highest BCUT2D eigenvalue weighted by Crippen LogP contribution is 2.39. The summed E-state index contributed by atoms with van der Waals surface area (Å²) in [5, 5.41) is 0.947. The van der Waals surface area contributed by atoms with Gasteiger partial charge in [0.15, 0.2) is 0 Å². The standard InChI is InChI=1S/C11H11BrN2O2S/c1-14(2)6-4-5-13-10-7(6)8(12)9(17-10)11(15)16-3/h4-5H,1-3H3. The number of hydrogen-bond donors (Lipinski definition) is 0. The van der Waals surface area contributed by atoms with Crippen LogP contribution in [0.3, 0.4) is 0 Å². The number of fused-ring (bicyclic) bond motifs is 1. The molecule has 2 rings (SSSR count). The predicted octanol–water partition coefficient (Wildman–Crippen LogP) is 2.91. The van der Waals surface area contributed by atoms with Crippen LogP contribution in [0.5, 0.6) is 0 Å². The fraction of sp³-hybridized carbons (Fsp3) is 0.273. The number of ether oxygens (including phenoxy) is 1. The zero-order chi connectivity index (χ0) is 12.6. The lowest BCUT2D eigenvalue weighted by atomic mass is 10.2. The van der Waals surface area contributed by atoms with Crippen molar-refractivity contribution in [3.63, 3.8) is 0 Å². The molecule has 2 heterocycles. The van der Waals surface area contributed by atoms with Crippen molar-refractivity contribution in [2.75, 3.05) is 26.1 Å². The Morgan fingerprint density at radius 1 is 1.53 bits per heavy atom. The topological polar surface area (TPSA) is 42.4 Å². The first-order valence-electron chi connectivity index (χ1n) is 4.89. The molecule has 0 radical (unpaired) electrons. The van der Waals surface area contributed by atoms with E-state index in [-0.39, 0.29) is 5.97 Å². The number of carbonyl (C=O) groups is 1. The normalized spacial score (nSPS) is 10.6. The number of halogens is 1. The monoisotopic (exact) mass is 314 g/mol. The number of anilines is 1. The minimum Gasteiger partial charge on any atom is -0.465 e. The van der Waals surface area contributed by atoms with Crippen molar-refractivity contribution in [2.45, 2.75) is 0 Å². The first-order chi connectivity index (χ1) is 8.06. The van der Waals surface area contributed by atoms with Crippen LogP contribution >= 0.6 is 27.3 Å². The number of hydrogen-bond acceptors (Lipinski definition) is 5. The minimum atomic E-state index is -0.343. The van der Waals surface area contributed by atoms with Gasteiger partial charge >= 0.3 is 5.97 Å². The molecular formula is C11H11BrN2O2S. The van der Waals surface area contributed by atoms with Gasteiger partial charge in [-0.3, -0.25) is 0 Å². The molecule has 0 atom stereocenters. The van der Waals surface area contributed by atoms with E-state index in [9.17, 15) is 4.79 Å². The second kappa shape index (κ2) is 4.62. The van der Waals surface area contributed by atoms with E-state index in [2.05, 4.69) is 20.9 Å². The van der Waals surface area contributed by atoms with Gasteiger partial charge < -0.3 is 9.64 Å². The number of aromatic nitrogens is 1. The van der Waals surface area contributed by atoms with Crippen LogP contribution in [0, 0.1) is 0 Å². The van der Waals surface area contributed by atoms with Crippen molar-refractivity contribution in [3.8, 4) is 0 Å². The molecule has 2 aromatic rings. The highest BCUT2D eigenvalue weighted by atomic mass is 79.9. The third-order valence-corrected chi connectivity index (χ3v) is 4.50. The summed E-state index contributed by atoms with van der Waals surface area (Å²) in [6.07, 6.45) is 1.74. The van der Waals surface area contributed by atoms with E-state index in [4.69, 9.17) is 4.74 Å². The van der Waals surface area contributed by atoms with Gasteiger partial charge in [0, 0.05) is 31.4 Å². The van der Waals surface area contributed by atoms with Crippen molar-refractivity contribution in [2.24, 2.45) is 0 Å². The molecule has 0 aromatic carbocycles. The van der Waals surface area contributed by atoms with Crippen LogP contribution in [0.2, 0.25) is 0 Å². The maximum atomic E-state index is 11.6. The minimum absolute atomic E-state index is 0.343. The van der Waals surface area contributed by atoms with Gasteiger partial charge in [0.1, 0.15) is 9.71 Å². The lowest BCUT2D eigenvalue weighted by molar-refractivity contribution is 0.0605. The summed E-state index contributed by atoms with van der Waals surface area (Å²) in [5.41, 5.74) is 1.02. The maximum Gasteiger partial charge on any atom is 0.349 e. The number of esters is 1. The molecule has 0 aliphatic carbocycles. The molecule has 0 bridgehead atoms. The quantitative estimate of drug-likeness (QED) is 0.799. The maximum absolute atomic E-state index is 11.6. The van der Waals surface area contributed by atoms with Crippen LogP contribution in [-0.2, 0) is 4.74 Å². The first-order valence-corrected chi connectivity index (χ1v) is 6.50. The van der Waals surface area contributed by atoms with Crippen molar-refractivity contribution >= 4 is 49.1 Å². The largest absolute Gasteiger partial charge is 0.465 e. The van der Waals surface area contributed by atoms with Crippen molar-refractivity contribution in [3.05, 3.63) is 21.6 Å². The Kier molecular flexibility index (Phi) is 3.35. The molecule has 6 heteroatoms. The summed E-state index contributed by atoms with van der Waals surface area (Å²) in [6.45, 7) is 0. The van der Waals surface area contributed by atoms with Crippen LogP contribution in [-0.4, -0.2) is 32.2 Å². The second-order valence-electron chi connectivity index (χ2n) is 3.64. The highest BCUT2D eigenvalue weighted by Gasteiger charge is 2.20. The van der Waals surface area contributed by atoms with E-state index in [1.54, 1.807) is 6.20 Å². The van der Waals surface area contributed by atoms with E-state index in [0.29, 0.717) is 4.88 Å². The van der Waals surface area contributed by atoms with Crippen molar-refractivity contribution in [1.82, 2.24) is 4.98 Å². The summed E-state index contributed by atoms with van der Waals surface area (Å²) in [5.74, 6) is -0.343. The van der Waals surface area contributed by atoms with E-state index in [0.717, 1.165) is 20.4 Å². The van der Waals surface area contributed by atoms with Crippen molar-refractivity contribution < 1.29 is 9.53 Å². The third-order valence-electron chi connectivity index (χ3n) is 2.36. The third kappa shape index (κ3) is 2.02. The first kappa shape index (κ1) is 12.3. The zero-order valence-corrected chi connectivity index (χ0v) is 12.1. The number of nitrogens with zero attached hydrogens (tertiary/aromatic N) is 2. The summed E-state index contributed by atoms with van der Waals surface area (Å²) in [7, 11) is 5.28. The van der Waals surface area contributed by atoms with E-state index < -0.39 is 0 Å². The SMILES string of the molecule is COC(=O)c1sc2nccc(N(C)C)c2c1Br. The summed E-state index contributed by atoms with van der Waals surface area (Å²) in [6, 6.07) is 1.92. The fourth-order valence-corrected chi connectivity index (χ4v) is 3.47. The Hall–Kier alpha value is -1.14. The van der Waals surface area contributed by atoms with Crippen LogP contribution in [0.15, 0.2) is 16.7 Å². The molecule has 0 N–H and O–H groups in total. The Labute approximate surface area is 111 Å². The van der Waals surface area contributed by atoms with Gasteiger partial charge in [0.05, 0.1) is 11.6 Å². The van der Waals surface area contributed by atoms with Gasteiger partial charge in [-0.25, -0.2) is 9.78 Å². The van der Waals surface area contributed by atoms with Gasteiger partial charge in [-0.2, -0.15) is 0 Å². The molecule has 0 aliphatic heterocycles. The lowest BCUT2D eigenvalue weighted by Crippen LogP contribution is -2.09. The zero-order valence-electron chi connectivity index (χ0n) is 9.65. The van der Waals surface area contributed by atoms with E-state index >= 15 is 0 Å². The van der Waals surface area contributed by atoms with E-state index in [1.165, 1.54) is 18.4 Å². The average Bonchev–Trinajstić information content (AvgIpc) is 2.66. The lowest BCUT2D eigenvalue weighted by Gasteiger charge is -2.13. The molecular weight excluding hydrogens is 304 g/mol. The van der Waals surface area contributed by atoms with Crippen molar-refractivity contribution in [1.29, 1.82) is 0 Å². The molecule has 0 aliphatic rings. The molecule has 4 nitrogen and oxygen atoms in total. The smallest absolute Gasteiger partial charge is 0.349 e. The average molecular weight is 315 g/mol. The predicted molar refractivity (Wildman–Crippen MR) is 73.0 cm³/mol. The van der Waals surface area contributed by atoms with Crippen LogP contribution in [0.4, 0.5) is 5.69 Å². The van der Waals surface area contributed by atoms with Gasteiger partial charge in [-0.1, -0.05) is 0 Å². The Morgan fingerprint density at radius 3 is 2.82 bits per heavy atom. The summed E-state index contributed by atoms with van der Waals surface area (Å²) < 4.78 is 5.50. The van der Waals surface area contributed by atoms with Gasteiger partial charge in [0.2, 0.25) is 0 Å². The van der Waals surface area contributed by atoms with Gasteiger partial charge in [0.25, 0.3) is 0 Å². The van der Waals surface area contributed by atoms with Gasteiger partial charge in [-0.05, 0) is 22.0 Å². The molecule has 0 amide bonds. The number of carbonyl (C=O) groups excluding carboxylic acids is 1. The number of pyridine rings is 1. The molecule has 0 spiro atoms. The van der Waals surface area contributed by atoms with Gasteiger partial charge in [-0.15, -0.1) is 11.3 Å². The highest BCUT2D eigenvalue weighted by molar-refractivity contribution is 9.10. The summed E-state index contributed by atoms with van der Waals surface area (Å²) in [4.78, 5) is 19.2. The van der Waals surface area contributed by atoms with Crippen LogP contribution in [0.25, 0.3) is 10.2 Å². The van der Waals surface area contributed by atoms with Crippen LogP contribution < -0.4 is 4.90 Å². The molecule has 0 saturated carbocycles. The molecule has 0 unspecified atom stereocenters. The Balaban J connectivity index is 2.74. The molecule has 90 valence electrons. The molecule has 2 aromatic heterocycles. The second-order valence-corrected chi connectivity index (χ2v) is 5.43. The number of thiophene rings is 1. The number of methoxy groups -OCH3 is 1. The number of rotatable bonds is 2. The molecule has 0 saturated heterocycles. The van der Waals surface area contributed by atoms with Crippen LogP contribution in [0.1, 0.15) is 9.67 Å². The molecule has 0 fully saturated rings. The Morgan fingerprint density at radius 2 is 2.24 bits per heavy atom. The fourth-order valence-electron chi connectivity index (χ4n) is 1.57.